The molecule has 0 aliphatic rings. The van der Waals surface area contributed by atoms with E-state index in [0.29, 0.717) is 18.0 Å². The summed E-state index contributed by atoms with van der Waals surface area (Å²) in [5.41, 5.74) is 1.50. The maximum absolute atomic E-state index is 9.10. The molecule has 0 aliphatic heterocycles. The number of imidazole rings is 1. The Kier molecular flexibility index (Phi) is 5.32. The van der Waals surface area contributed by atoms with Crippen molar-refractivity contribution in [3.63, 3.8) is 0 Å². The standard InChI is InChI=1S/C14H24N6O/c1-4-6-15-14-18-12-11(16-9-17-12)13(19-14)20(10(2)3)7-5-8-21/h9-10,21H,4-8H2,1-3H3,(H2,15,16,17,18,19). The van der Waals surface area contributed by atoms with Gasteiger partial charge in [0.2, 0.25) is 5.95 Å². The number of fused-ring (bicyclic) bond motifs is 1. The van der Waals surface area contributed by atoms with Gasteiger partial charge in [-0.15, -0.1) is 0 Å². The smallest absolute Gasteiger partial charge is 0.226 e. The van der Waals surface area contributed by atoms with Crippen LogP contribution in [0.1, 0.15) is 33.6 Å². The molecule has 0 unspecified atom stereocenters. The van der Waals surface area contributed by atoms with Crippen molar-refractivity contribution in [3.8, 4) is 0 Å². The number of aliphatic hydroxyl groups excluding tert-OH is 1. The molecule has 2 rings (SSSR count). The highest BCUT2D eigenvalue weighted by atomic mass is 16.3. The zero-order chi connectivity index (χ0) is 15.2. The second-order valence-corrected chi connectivity index (χ2v) is 5.26. The quantitative estimate of drug-likeness (QED) is 0.687. The van der Waals surface area contributed by atoms with Gasteiger partial charge in [-0.2, -0.15) is 9.97 Å². The molecule has 2 aromatic heterocycles. The van der Waals surface area contributed by atoms with E-state index in [0.717, 1.165) is 30.8 Å². The van der Waals surface area contributed by atoms with Crippen molar-refractivity contribution in [2.24, 2.45) is 0 Å². The van der Waals surface area contributed by atoms with Crippen LogP contribution in [0.2, 0.25) is 0 Å². The van der Waals surface area contributed by atoms with E-state index >= 15 is 0 Å². The lowest BCUT2D eigenvalue weighted by Crippen LogP contribution is -2.33. The van der Waals surface area contributed by atoms with Crippen molar-refractivity contribution in [2.75, 3.05) is 29.9 Å². The van der Waals surface area contributed by atoms with E-state index in [1.54, 1.807) is 6.33 Å². The second kappa shape index (κ2) is 7.21. The number of rotatable bonds is 8. The van der Waals surface area contributed by atoms with Gasteiger partial charge in [-0.1, -0.05) is 6.92 Å². The van der Waals surface area contributed by atoms with E-state index in [1.807, 2.05) is 0 Å². The van der Waals surface area contributed by atoms with Gasteiger partial charge in [0.25, 0.3) is 0 Å². The van der Waals surface area contributed by atoms with Crippen LogP contribution in [0, 0.1) is 0 Å². The molecule has 2 aromatic rings. The summed E-state index contributed by atoms with van der Waals surface area (Å²) in [5, 5.41) is 12.3. The van der Waals surface area contributed by atoms with Gasteiger partial charge in [-0.3, -0.25) is 0 Å². The van der Waals surface area contributed by atoms with Gasteiger partial charge in [-0.25, -0.2) is 4.98 Å². The molecule has 0 bridgehead atoms. The Morgan fingerprint density at radius 1 is 1.38 bits per heavy atom. The summed E-state index contributed by atoms with van der Waals surface area (Å²) in [6.45, 7) is 8.06. The molecule has 0 aliphatic carbocycles. The van der Waals surface area contributed by atoms with Crippen LogP contribution in [0.25, 0.3) is 11.2 Å². The van der Waals surface area contributed by atoms with Crippen molar-refractivity contribution < 1.29 is 5.11 Å². The van der Waals surface area contributed by atoms with E-state index in [2.05, 4.69) is 50.9 Å². The van der Waals surface area contributed by atoms with Crippen LogP contribution in [-0.4, -0.2) is 50.8 Å². The van der Waals surface area contributed by atoms with Crippen molar-refractivity contribution >= 4 is 22.9 Å². The summed E-state index contributed by atoms with van der Waals surface area (Å²) in [7, 11) is 0. The molecular weight excluding hydrogens is 268 g/mol. The second-order valence-electron chi connectivity index (χ2n) is 5.26. The molecule has 116 valence electrons. The molecule has 0 saturated carbocycles. The average molecular weight is 292 g/mol. The highest BCUT2D eigenvalue weighted by Gasteiger charge is 2.18. The molecule has 0 fully saturated rings. The third kappa shape index (κ3) is 3.60. The summed E-state index contributed by atoms with van der Waals surface area (Å²) in [4.78, 5) is 18.6. The zero-order valence-corrected chi connectivity index (χ0v) is 12.9. The Morgan fingerprint density at radius 3 is 2.86 bits per heavy atom. The van der Waals surface area contributed by atoms with Gasteiger partial charge in [0.05, 0.1) is 6.33 Å². The maximum Gasteiger partial charge on any atom is 0.226 e. The number of hydrogen-bond acceptors (Lipinski definition) is 6. The molecule has 0 atom stereocenters. The average Bonchev–Trinajstić information content (AvgIpc) is 2.93. The highest BCUT2D eigenvalue weighted by Crippen LogP contribution is 2.24. The normalized spacial score (nSPS) is 11.3. The van der Waals surface area contributed by atoms with Gasteiger partial charge in [0, 0.05) is 25.7 Å². The Morgan fingerprint density at radius 2 is 2.19 bits per heavy atom. The monoisotopic (exact) mass is 292 g/mol. The van der Waals surface area contributed by atoms with Crippen LogP contribution < -0.4 is 10.2 Å². The first kappa shape index (κ1) is 15.5. The Labute approximate surface area is 124 Å². The van der Waals surface area contributed by atoms with Crippen LogP contribution in [0.4, 0.5) is 11.8 Å². The molecular formula is C14H24N6O. The summed E-state index contributed by atoms with van der Waals surface area (Å²) in [6, 6.07) is 0.275. The van der Waals surface area contributed by atoms with E-state index in [1.165, 1.54) is 0 Å². The summed E-state index contributed by atoms with van der Waals surface area (Å²) in [6.07, 6.45) is 3.35. The van der Waals surface area contributed by atoms with Crippen LogP contribution in [0.15, 0.2) is 6.33 Å². The minimum Gasteiger partial charge on any atom is -0.396 e. The van der Waals surface area contributed by atoms with Crippen LogP contribution in [0.5, 0.6) is 0 Å². The van der Waals surface area contributed by atoms with Gasteiger partial charge in [0.15, 0.2) is 11.5 Å². The van der Waals surface area contributed by atoms with E-state index in [-0.39, 0.29) is 12.6 Å². The minimum atomic E-state index is 0.168. The number of aromatic nitrogens is 4. The van der Waals surface area contributed by atoms with Crippen molar-refractivity contribution in [1.29, 1.82) is 0 Å². The van der Waals surface area contributed by atoms with Crippen molar-refractivity contribution in [2.45, 2.75) is 39.7 Å². The largest absolute Gasteiger partial charge is 0.396 e. The first-order valence-corrected chi connectivity index (χ1v) is 7.49. The first-order chi connectivity index (χ1) is 10.2. The predicted octanol–water partition coefficient (Wildman–Crippen LogP) is 1.77. The molecule has 3 N–H and O–H groups in total. The summed E-state index contributed by atoms with van der Waals surface area (Å²) < 4.78 is 0. The molecule has 0 aromatic carbocycles. The number of aromatic amines is 1. The fourth-order valence-corrected chi connectivity index (χ4v) is 2.19. The highest BCUT2D eigenvalue weighted by molar-refractivity contribution is 5.84. The number of nitrogens with one attached hydrogen (secondary N) is 2. The van der Waals surface area contributed by atoms with Crippen LogP contribution >= 0.6 is 0 Å². The van der Waals surface area contributed by atoms with E-state index < -0.39 is 0 Å². The van der Waals surface area contributed by atoms with E-state index in [4.69, 9.17) is 5.11 Å². The molecule has 0 amide bonds. The van der Waals surface area contributed by atoms with Gasteiger partial charge < -0.3 is 20.3 Å². The van der Waals surface area contributed by atoms with Gasteiger partial charge in [-0.05, 0) is 26.7 Å². The molecule has 2 heterocycles. The third-order valence-corrected chi connectivity index (χ3v) is 3.25. The van der Waals surface area contributed by atoms with Gasteiger partial charge >= 0.3 is 0 Å². The first-order valence-electron chi connectivity index (χ1n) is 7.49. The Hall–Kier alpha value is -1.89. The molecule has 7 heteroatoms. The van der Waals surface area contributed by atoms with E-state index in [9.17, 15) is 0 Å². The fraction of sp³-hybridized carbons (Fsp3) is 0.643. The zero-order valence-electron chi connectivity index (χ0n) is 12.9. The third-order valence-electron chi connectivity index (χ3n) is 3.25. The van der Waals surface area contributed by atoms with Crippen molar-refractivity contribution in [3.05, 3.63) is 6.33 Å². The number of H-pyrrole nitrogens is 1. The topological polar surface area (TPSA) is 90.0 Å². The molecule has 0 saturated heterocycles. The number of anilines is 2. The number of hydrogen-bond donors (Lipinski definition) is 3. The Bertz CT molecular complexity index is 568. The van der Waals surface area contributed by atoms with Crippen molar-refractivity contribution in [1.82, 2.24) is 19.9 Å². The Balaban J connectivity index is 2.40. The lowest BCUT2D eigenvalue weighted by molar-refractivity contribution is 0.288. The lowest BCUT2D eigenvalue weighted by atomic mass is 10.2. The fourth-order valence-electron chi connectivity index (χ4n) is 2.19. The summed E-state index contributed by atoms with van der Waals surface area (Å²) in [5.74, 6) is 1.43. The van der Waals surface area contributed by atoms with Crippen LogP contribution in [-0.2, 0) is 0 Å². The molecule has 0 spiro atoms. The minimum absolute atomic E-state index is 0.168. The lowest BCUT2D eigenvalue weighted by Gasteiger charge is -2.28. The molecule has 7 nitrogen and oxygen atoms in total. The summed E-state index contributed by atoms with van der Waals surface area (Å²) >= 11 is 0. The molecule has 0 radical (unpaired) electrons. The molecule has 21 heavy (non-hydrogen) atoms. The SMILES string of the molecule is CCCNc1nc(N(CCCO)C(C)C)c2[nH]cnc2n1. The number of aliphatic hydroxyl groups is 1. The predicted molar refractivity (Wildman–Crippen MR) is 84.6 cm³/mol. The number of nitrogens with zero attached hydrogens (tertiary/aromatic N) is 4. The van der Waals surface area contributed by atoms with Crippen LogP contribution in [0.3, 0.4) is 0 Å². The maximum atomic E-state index is 9.10. The van der Waals surface area contributed by atoms with Gasteiger partial charge in [0.1, 0.15) is 5.52 Å².